The number of anilines is 3. The van der Waals surface area contributed by atoms with E-state index in [1.165, 1.54) is 33.4 Å². The number of amides is 4. The van der Waals surface area contributed by atoms with E-state index in [9.17, 15) is 51.3 Å². The summed E-state index contributed by atoms with van der Waals surface area (Å²) in [6.07, 6.45) is 21.5. The molecule has 6 bridgehead atoms. The predicted octanol–water partition coefficient (Wildman–Crippen LogP) is 16.2. The van der Waals surface area contributed by atoms with Crippen LogP contribution in [0.2, 0.25) is 15.1 Å². The summed E-state index contributed by atoms with van der Waals surface area (Å²) >= 11 is 19.4. The van der Waals surface area contributed by atoms with Crippen molar-refractivity contribution in [2.24, 2.45) is 53.3 Å². The SMILES string of the molecule is C=S1(=O)NC(=O)c2ccc3c(c2)N(C[C@@H]2CC[C@H]2[C@@](O)(CN2CCN(C)C(=O)C2)CCC[C@H](C)[C@H]1C)C[C@@]1(CCCc2cc(Cl)ccc21)CO3.C=S1(=O)NC(=O)c2ccc3c(c2)N(C[C@@H]2CC[C@H]2[C@@](O)(CN2CCN(CC)CC2)CCC[C@H](C)[C@H]1C)C[C@@]1(CCCc2cc(Cl)ccc21)CO3.CCN1CCN(C[C@]2(O)CCC[C@H](C)[C@@H](C)S(=O)(=O)NC(=O)c3ccc4c(c3)N(C[C@@H]3CC[C@H]32)C[C@@]2(CCCc3cc(Cl)ccc32)CO4)CC1. The lowest BCUT2D eigenvalue weighted by Crippen LogP contribution is -2.59. The number of benzene rings is 6. The van der Waals surface area contributed by atoms with E-state index in [0.29, 0.717) is 126 Å². The molecule has 9 aliphatic heterocycles. The van der Waals surface area contributed by atoms with Crippen LogP contribution in [0.1, 0.15) is 255 Å². The van der Waals surface area contributed by atoms with Gasteiger partial charge in [-0.25, -0.2) is 21.6 Å². The third kappa shape index (κ3) is 23.5. The van der Waals surface area contributed by atoms with E-state index >= 15 is 0 Å². The van der Waals surface area contributed by atoms with Crippen LogP contribution in [0.15, 0.2) is 109 Å². The molecule has 6 aliphatic carbocycles. The normalized spacial score (nSPS) is 34.9. The second-order valence-corrected chi connectivity index (χ2v) is 56.6. The molecular weight excluding hydrogens is 2010 g/mol. The number of carbonyl (C=O) groups excluding carboxylic acids is 4. The average Bonchev–Trinajstić information content (AvgIpc) is 1.59. The van der Waals surface area contributed by atoms with Crippen LogP contribution >= 0.6 is 34.8 Å². The maximum Gasteiger partial charge on any atom is 0.264 e. The van der Waals surface area contributed by atoms with Gasteiger partial charge >= 0.3 is 0 Å². The number of hydrogen-bond acceptors (Lipinski definition) is 22. The Hall–Kier alpha value is -7.46. The number of fused-ring (bicyclic) bond motifs is 12. The molecule has 9 heterocycles. The fraction of sp³-hybridized carbons (Fsp3) is 0.644. The van der Waals surface area contributed by atoms with Crippen LogP contribution in [0, 0.1) is 53.3 Å². The Bertz CT molecular complexity index is 6050. The quantitative estimate of drug-likeness (QED) is 0.0772. The lowest BCUT2D eigenvalue weighted by molar-refractivity contribution is -0.140. The van der Waals surface area contributed by atoms with Crippen molar-refractivity contribution in [3.63, 3.8) is 0 Å². The minimum Gasteiger partial charge on any atom is -0.490 e. The van der Waals surface area contributed by atoms with Gasteiger partial charge in [0.25, 0.3) is 17.7 Å². The molecule has 4 amide bonds. The van der Waals surface area contributed by atoms with Crippen molar-refractivity contribution in [2.75, 3.05) is 186 Å². The number of aliphatic hydroxyl groups is 3. The topological polar surface area (TPSA) is 290 Å². The largest absolute Gasteiger partial charge is 0.490 e. The van der Waals surface area contributed by atoms with Gasteiger partial charge in [0.1, 0.15) is 17.2 Å². The summed E-state index contributed by atoms with van der Waals surface area (Å²) in [6, 6.07) is 35.3. The zero-order chi connectivity index (χ0) is 106. The van der Waals surface area contributed by atoms with Gasteiger partial charge in [-0.3, -0.25) is 43.3 Å². The van der Waals surface area contributed by atoms with Gasteiger partial charge in [-0.05, 0) is 358 Å². The number of sulfonamides is 1. The number of nitrogens with one attached hydrogen (secondary N) is 3. The first-order valence-electron chi connectivity index (χ1n) is 56.4. The summed E-state index contributed by atoms with van der Waals surface area (Å²) in [4.78, 5) is 74.8. The first-order chi connectivity index (χ1) is 71.6. The Balaban J connectivity index is 0.000000141. The standard InChI is InChI=1S/C40H57ClN4O4S.C39H53ClN4O5S.C39H55ClN4O5S/c1-5-43-18-20-44(21-19-43)26-40(47)17-6-8-28(2)29(3)50(4,48)42-38(46)31-11-15-37-36(23-31)45(24-32-10-13-35(32)40)25-39(27-49-37)16-7-9-30-22-33(41)12-14-34(30)39;1-26-7-5-16-39(47,24-43-18-17-42(3)36(45)22-43)33-12-9-30(33)21-44-23-38(15-6-8-28-19-31(40)11-13-32(28)38)25-49-35-14-10-29(20-34(35)44)37(46)41-50(4,48)27(26)2;1-4-42-17-19-43(20-18-42)25-39(46)16-5-7-27(2)28(3)50(47,48)41-37(45)30-10-14-36-35(22-30)44(23-31-9-12-34(31)39)24-38(26-49-36)15-6-8-29-21-32(40)11-13-33(29)38/h11-12,14-15,22-23,28-29,32,35,47H,4-10,13,16-21,24-27H2,1-3H3,(H,42,46,48);10-11,13-14,19-20,26-27,30,33,47H,4-9,12,15-18,21-25H2,1-3H3,(H,41,46,48);10-11,13-14,21-22,27-28,31,34,46H,4-9,12,15-20,23-26H2,1-3H3,(H,41,45)/t28-,29+,32-,35+,39-,40-,50?;26-,27+,30-,33+,38-,39-,50?;27-,28+,31-,34+,38-,39+/m000/s1. The third-order valence-electron chi connectivity index (χ3n) is 39.1. The molecule has 6 N–H and O–H groups in total. The zero-order valence-electron chi connectivity index (χ0n) is 90.1. The van der Waals surface area contributed by atoms with Crippen molar-refractivity contribution < 1.29 is 65.5 Å². The molecule has 3 saturated carbocycles. The summed E-state index contributed by atoms with van der Waals surface area (Å²) in [7, 11) is -8.00. The van der Waals surface area contributed by atoms with Gasteiger partial charge in [0.2, 0.25) is 15.9 Å². The molecular formula is C118H165Cl3N12O14S3. The summed E-state index contributed by atoms with van der Waals surface area (Å²) in [5, 5.41) is 39.1. The Morgan fingerprint density at radius 2 is 0.693 bits per heavy atom. The zero-order valence-corrected chi connectivity index (χ0v) is 94.8. The number of likely N-dealkylation sites (N-methyl/N-ethyl adjacent to an activating group) is 3. The molecule has 3 spiro atoms. The highest BCUT2D eigenvalue weighted by Crippen LogP contribution is 2.56. The van der Waals surface area contributed by atoms with Crippen LogP contribution in [0.25, 0.3) is 0 Å². The molecule has 6 aromatic carbocycles. The summed E-state index contributed by atoms with van der Waals surface area (Å²) in [6.45, 7) is 35.6. The Labute approximate surface area is 907 Å². The van der Waals surface area contributed by atoms with Crippen molar-refractivity contribution in [2.45, 2.75) is 258 Å². The molecule has 150 heavy (non-hydrogen) atoms. The summed E-state index contributed by atoms with van der Waals surface area (Å²) in [5.74, 6) is 10.1. The van der Waals surface area contributed by atoms with Gasteiger partial charge < -0.3 is 58.9 Å². The fourth-order valence-corrected chi connectivity index (χ4v) is 33.6. The Kier molecular flexibility index (Phi) is 33.4. The van der Waals surface area contributed by atoms with Crippen LogP contribution < -0.4 is 43.1 Å². The molecule has 3 saturated heterocycles. The van der Waals surface area contributed by atoms with Gasteiger partial charge in [-0.15, -0.1) is 0 Å². The molecule has 26 nitrogen and oxygen atoms in total. The number of carbonyl (C=O) groups is 4. The lowest BCUT2D eigenvalue weighted by atomic mass is 9.62. The van der Waals surface area contributed by atoms with Gasteiger partial charge in [0, 0.05) is 190 Å². The Morgan fingerprint density at radius 1 is 0.380 bits per heavy atom. The van der Waals surface area contributed by atoms with E-state index < -0.39 is 63.3 Å². The van der Waals surface area contributed by atoms with Crippen molar-refractivity contribution >= 4 is 117 Å². The van der Waals surface area contributed by atoms with Crippen LogP contribution in [-0.4, -0.2) is 300 Å². The molecule has 32 heteroatoms. The number of ether oxygens (including phenoxy) is 3. The molecule has 6 fully saturated rings. The van der Waals surface area contributed by atoms with Crippen LogP contribution in [0.4, 0.5) is 17.1 Å². The molecule has 20 atom stereocenters. The maximum atomic E-state index is 14.0. The number of β-amino-alcohol motifs (C(OH)–C–C–N with tert-alkyl or cyclic N) is 3. The monoisotopic (exact) mass is 2180 g/mol. The van der Waals surface area contributed by atoms with E-state index in [2.05, 4.69) is 129 Å². The average molecular weight is 2180 g/mol. The number of rotatable bonds is 8. The molecule has 2 unspecified atom stereocenters. The highest BCUT2D eigenvalue weighted by molar-refractivity contribution is 7.99. The first kappa shape index (κ1) is 111. The smallest absolute Gasteiger partial charge is 0.264 e. The van der Waals surface area contributed by atoms with Crippen molar-refractivity contribution in [1.82, 2.24) is 43.6 Å². The fourth-order valence-electron chi connectivity index (χ4n) is 28.7. The van der Waals surface area contributed by atoms with E-state index in [4.69, 9.17) is 49.0 Å². The number of hydrogen-bond donors (Lipinski definition) is 6. The van der Waals surface area contributed by atoms with E-state index in [1.54, 1.807) is 30.0 Å². The van der Waals surface area contributed by atoms with E-state index in [1.807, 2.05) is 82.4 Å². The molecule has 21 rings (SSSR count). The molecule has 820 valence electrons. The highest BCUT2D eigenvalue weighted by Gasteiger charge is 2.56. The van der Waals surface area contributed by atoms with E-state index in [0.717, 1.165) is 264 Å². The lowest BCUT2D eigenvalue weighted by Gasteiger charge is -2.52. The van der Waals surface area contributed by atoms with Gasteiger partial charge in [-0.1, -0.05) is 107 Å². The number of nitrogens with zero attached hydrogens (tertiary/aromatic N) is 9. The number of halogens is 3. The number of piperazine rings is 3. The van der Waals surface area contributed by atoms with Gasteiger partial charge in [0.15, 0.2) is 0 Å². The molecule has 15 aliphatic rings. The second-order valence-electron chi connectivity index (χ2n) is 48.5. The minimum atomic E-state index is -3.94. The Morgan fingerprint density at radius 3 is 1.01 bits per heavy atom. The van der Waals surface area contributed by atoms with Crippen molar-refractivity contribution in [3.05, 3.63) is 174 Å². The highest BCUT2D eigenvalue weighted by atomic mass is 35.5. The van der Waals surface area contributed by atoms with Gasteiger partial charge in [0.05, 0.1) is 84.9 Å². The van der Waals surface area contributed by atoms with E-state index in [-0.39, 0.29) is 85.9 Å². The van der Waals surface area contributed by atoms with Gasteiger partial charge in [-0.2, -0.15) is 0 Å². The predicted molar refractivity (Wildman–Crippen MR) is 605 cm³/mol. The van der Waals surface area contributed by atoms with Crippen molar-refractivity contribution in [1.29, 1.82) is 0 Å². The minimum absolute atomic E-state index is 0.0141. The molecule has 6 aromatic rings. The second kappa shape index (κ2) is 45.3. The van der Waals surface area contributed by atoms with Crippen molar-refractivity contribution in [3.8, 4) is 17.2 Å². The number of aryl methyl sites for hydroxylation is 3. The molecule has 0 aromatic heterocycles. The first-order valence-corrected chi connectivity index (χ1v) is 62.7. The van der Waals surface area contributed by atoms with Crippen LogP contribution in [0.5, 0.6) is 17.2 Å². The maximum absolute atomic E-state index is 14.0. The third-order valence-corrected chi connectivity index (χ3v) is 46.1. The van der Waals surface area contributed by atoms with Crippen LogP contribution in [-0.2, 0) is 69.7 Å². The summed E-state index contributed by atoms with van der Waals surface area (Å²) in [5.41, 5.74) is 7.96. The van der Waals surface area contributed by atoms with Crippen LogP contribution in [0.3, 0.4) is 0 Å². The summed E-state index contributed by atoms with van der Waals surface area (Å²) < 4.78 is 83.0. The molecule has 0 radical (unpaired) electrons.